The van der Waals surface area contributed by atoms with Crippen LogP contribution in [-0.4, -0.2) is 37.2 Å². The Balaban J connectivity index is 1.57. The fraction of sp³-hybridized carbons (Fsp3) is 0.0909. The van der Waals surface area contributed by atoms with Gasteiger partial charge in [-0.2, -0.15) is 9.61 Å². The summed E-state index contributed by atoms with van der Waals surface area (Å²) in [6.07, 6.45) is 8.80. The van der Waals surface area contributed by atoms with Crippen LogP contribution in [0.1, 0.15) is 11.3 Å². The second-order valence-corrected chi connectivity index (χ2v) is 6.42. The summed E-state index contributed by atoms with van der Waals surface area (Å²) in [5.74, 6) is -0.131. The van der Waals surface area contributed by atoms with Crippen LogP contribution in [-0.2, 0) is 11.2 Å². The van der Waals surface area contributed by atoms with E-state index in [0.717, 1.165) is 52.9 Å². The maximum absolute atomic E-state index is 10.8. The quantitative estimate of drug-likeness (QED) is 0.473. The van der Waals surface area contributed by atoms with Crippen LogP contribution in [0, 0.1) is 0 Å². The van der Waals surface area contributed by atoms with E-state index < -0.39 is 5.97 Å². The first kappa shape index (κ1) is 18.4. The lowest BCUT2D eigenvalue weighted by Crippen LogP contribution is -2.09. The normalized spacial score (nSPS) is 11.2. The first-order chi connectivity index (χ1) is 14.2. The Morgan fingerprint density at radius 1 is 1.10 bits per heavy atom. The molecular formula is C22H19N5O2. The van der Waals surface area contributed by atoms with Crippen molar-refractivity contribution in [3.63, 3.8) is 0 Å². The molecule has 0 bridgehead atoms. The number of nitrogens with one attached hydrogen (secondary N) is 1. The van der Waals surface area contributed by atoms with Gasteiger partial charge in [-0.15, -0.1) is 0 Å². The molecule has 3 aromatic heterocycles. The smallest absolute Gasteiger partial charge is 0.328 e. The number of nitrogens with zero attached hydrogens (tertiary/aromatic N) is 4. The van der Waals surface area contributed by atoms with Crippen LogP contribution in [0.3, 0.4) is 0 Å². The molecule has 1 aromatic carbocycles. The van der Waals surface area contributed by atoms with Crippen LogP contribution in [0.15, 0.2) is 73.2 Å². The fourth-order valence-corrected chi connectivity index (χ4v) is 3.07. The van der Waals surface area contributed by atoms with Crippen LogP contribution in [0.25, 0.3) is 22.9 Å². The second-order valence-electron chi connectivity index (χ2n) is 6.42. The summed E-state index contributed by atoms with van der Waals surface area (Å²) in [4.78, 5) is 19.6. The van der Waals surface area contributed by atoms with Crippen molar-refractivity contribution in [1.29, 1.82) is 0 Å². The summed E-state index contributed by atoms with van der Waals surface area (Å²) in [6.45, 7) is 0.723. The van der Waals surface area contributed by atoms with Crippen molar-refractivity contribution in [3.05, 3.63) is 84.5 Å². The lowest BCUT2D eigenvalue weighted by atomic mass is 10.1. The molecule has 0 atom stereocenters. The van der Waals surface area contributed by atoms with Crippen LogP contribution in [0.5, 0.6) is 0 Å². The number of carboxylic acid groups (broad SMARTS) is 1. The number of anilines is 1. The van der Waals surface area contributed by atoms with Crippen molar-refractivity contribution in [2.45, 2.75) is 6.42 Å². The van der Waals surface area contributed by atoms with Crippen LogP contribution >= 0.6 is 0 Å². The summed E-state index contributed by atoms with van der Waals surface area (Å²) < 4.78 is 1.77. The number of aromatic nitrogens is 4. The van der Waals surface area contributed by atoms with E-state index in [1.807, 2.05) is 48.5 Å². The number of carboxylic acids is 1. The maximum Gasteiger partial charge on any atom is 0.328 e. The minimum absolute atomic E-state index is 0.723. The number of hydrogen-bond donors (Lipinski definition) is 2. The van der Waals surface area contributed by atoms with E-state index >= 15 is 0 Å². The van der Waals surface area contributed by atoms with Gasteiger partial charge in [-0.3, -0.25) is 4.98 Å². The third-order valence-corrected chi connectivity index (χ3v) is 4.43. The highest BCUT2D eigenvalue weighted by Crippen LogP contribution is 2.26. The minimum atomic E-state index is -0.977. The number of aliphatic carboxylic acids is 1. The maximum atomic E-state index is 10.8. The summed E-state index contributed by atoms with van der Waals surface area (Å²) in [7, 11) is 0. The molecule has 144 valence electrons. The highest BCUT2D eigenvalue weighted by Gasteiger charge is 2.11. The van der Waals surface area contributed by atoms with Crippen molar-refractivity contribution in [2.24, 2.45) is 0 Å². The Morgan fingerprint density at radius 3 is 2.86 bits per heavy atom. The van der Waals surface area contributed by atoms with Crippen molar-refractivity contribution in [3.8, 4) is 11.1 Å². The predicted octanol–water partition coefficient (Wildman–Crippen LogP) is 3.54. The average Bonchev–Trinajstić information content (AvgIpc) is 3.18. The molecule has 0 spiro atoms. The van der Waals surface area contributed by atoms with E-state index in [2.05, 4.69) is 20.4 Å². The van der Waals surface area contributed by atoms with Gasteiger partial charge >= 0.3 is 5.97 Å². The third-order valence-electron chi connectivity index (χ3n) is 4.43. The van der Waals surface area contributed by atoms with Gasteiger partial charge in [0, 0.05) is 42.7 Å². The molecule has 4 aromatic rings. The molecule has 3 heterocycles. The Hall–Kier alpha value is -4.00. The van der Waals surface area contributed by atoms with E-state index in [-0.39, 0.29) is 0 Å². The zero-order valence-electron chi connectivity index (χ0n) is 15.6. The van der Waals surface area contributed by atoms with E-state index in [1.165, 1.54) is 0 Å². The van der Waals surface area contributed by atoms with Gasteiger partial charge in [0.25, 0.3) is 0 Å². The molecule has 0 radical (unpaired) electrons. The van der Waals surface area contributed by atoms with Crippen molar-refractivity contribution in [2.75, 3.05) is 11.9 Å². The molecule has 0 fully saturated rings. The van der Waals surface area contributed by atoms with E-state index in [1.54, 1.807) is 29.2 Å². The zero-order chi connectivity index (χ0) is 20.1. The number of hydrogen-bond acceptors (Lipinski definition) is 5. The Bertz CT molecular complexity index is 1170. The fourth-order valence-electron chi connectivity index (χ4n) is 3.07. The average molecular weight is 385 g/mol. The van der Waals surface area contributed by atoms with Gasteiger partial charge in [0.05, 0.1) is 6.20 Å². The zero-order valence-corrected chi connectivity index (χ0v) is 15.6. The number of fused-ring (bicyclic) bond motifs is 1. The molecule has 29 heavy (non-hydrogen) atoms. The standard InChI is InChI=1S/C22H19N5O2/c28-21(29)8-7-16-4-3-5-17(14-16)19-15-26-27-20(10-13-25-22(19)27)24-12-9-18-6-1-2-11-23-18/h1-8,10-11,13-15,24H,9,12H2,(H,28,29)/b8-7+. The lowest BCUT2D eigenvalue weighted by molar-refractivity contribution is -0.131. The largest absolute Gasteiger partial charge is 0.478 e. The van der Waals surface area contributed by atoms with Gasteiger partial charge in [0.2, 0.25) is 0 Å². The molecule has 0 saturated heterocycles. The highest BCUT2D eigenvalue weighted by molar-refractivity contribution is 5.86. The van der Waals surface area contributed by atoms with Crippen LogP contribution in [0.2, 0.25) is 0 Å². The lowest BCUT2D eigenvalue weighted by Gasteiger charge is -2.08. The summed E-state index contributed by atoms with van der Waals surface area (Å²) in [6, 6.07) is 15.4. The number of benzene rings is 1. The molecule has 0 saturated carbocycles. The topological polar surface area (TPSA) is 92.4 Å². The highest BCUT2D eigenvalue weighted by atomic mass is 16.4. The van der Waals surface area contributed by atoms with Gasteiger partial charge in [-0.25, -0.2) is 9.78 Å². The number of pyridine rings is 1. The predicted molar refractivity (Wildman–Crippen MR) is 112 cm³/mol. The second kappa shape index (κ2) is 8.35. The summed E-state index contributed by atoms with van der Waals surface area (Å²) in [5.41, 5.74) is 4.36. The van der Waals surface area contributed by atoms with Crippen molar-refractivity contribution in [1.82, 2.24) is 19.6 Å². The van der Waals surface area contributed by atoms with Gasteiger partial charge in [-0.1, -0.05) is 24.3 Å². The molecule has 4 rings (SSSR count). The van der Waals surface area contributed by atoms with Gasteiger partial charge in [0.15, 0.2) is 5.65 Å². The van der Waals surface area contributed by atoms with Crippen molar-refractivity contribution < 1.29 is 9.90 Å². The molecule has 2 N–H and O–H groups in total. The van der Waals surface area contributed by atoms with Gasteiger partial charge in [-0.05, 0) is 41.5 Å². The number of rotatable bonds is 7. The van der Waals surface area contributed by atoms with Crippen LogP contribution < -0.4 is 5.32 Å². The first-order valence-corrected chi connectivity index (χ1v) is 9.19. The number of carbonyl (C=O) groups is 1. The molecule has 7 heteroatoms. The van der Waals surface area contributed by atoms with Crippen molar-refractivity contribution >= 4 is 23.5 Å². The summed E-state index contributed by atoms with van der Waals surface area (Å²) in [5, 5.41) is 16.7. The molecule has 0 aliphatic rings. The van der Waals surface area contributed by atoms with Gasteiger partial charge < -0.3 is 10.4 Å². The monoisotopic (exact) mass is 385 g/mol. The molecule has 0 aliphatic heterocycles. The first-order valence-electron chi connectivity index (χ1n) is 9.19. The third kappa shape index (κ3) is 4.30. The Labute approximate surface area is 167 Å². The SMILES string of the molecule is O=C(O)/C=C/c1cccc(-c2cnn3c(NCCc4ccccn4)ccnc23)c1. The van der Waals surface area contributed by atoms with E-state index in [9.17, 15) is 4.79 Å². The Kier molecular flexibility index (Phi) is 5.29. The van der Waals surface area contributed by atoms with E-state index in [0.29, 0.717) is 0 Å². The van der Waals surface area contributed by atoms with Crippen LogP contribution in [0.4, 0.5) is 5.82 Å². The molecule has 0 aliphatic carbocycles. The molecule has 0 unspecified atom stereocenters. The Morgan fingerprint density at radius 2 is 2.03 bits per heavy atom. The minimum Gasteiger partial charge on any atom is -0.478 e. The van der Waals surface area contributed by atoms with Gasteiger partial charge in [0.1, 0.15) is 5.82 Å². The molecule has 0 amide bonds. The molecule has 7 nitrogen and oxygen atoms in total. The van der Waals surface area contributed by atoms with E-state index in [4.69, 9.17) is 5.11 Å². The molecular weight excluding hydrogens is 366 g/mol. The summed E-state index contributed by atoms with van der Waals surface area (Å²) >= 11 is 0.